The van der Waals surface area contributed by atoms with Crippen LogP contribution in [0.4, 0.5) is 4.39 Å². The van der Waals surface area contributed by atoms with Gasteiger partial charge in [0.05, 0.1) is 5.56 Å². The molecule has 0 spiro atoms. The molecule has 0 aliphatic heterocycles. The van der Waals surface area contributed by atoms with E-state index in [-0.39, 0.29) is 23.1 Å². The van der Waals surface area contributed by atoms with Crippen LogP contribution in [0.5, 0.6) is 5.88 Å². The van der Waals surface area contributed by atoms with Crippen molar-refractivity contribution in [1.82, 2.24) is 4.98 Å². The van der Waals surface area contributed by atoms with E-state index in [2.05, 4.69) is 4.98 Å². The number of nitrogens with zero attached hydrogens (tertiary/aromatic N) is 1. The van der Waals surface area contributed by atoms with Crippen molar-refractivity contribution >= 4 is 17.6 Å². The summed E-state index contributed by atoms with van der Waals surface area (Å²) in [4.78, 5) is 14.7. The molecule has 0 atom stereocenters. The Morgan fingerprint density at radius 1 is 1.37 bits per heavy atom. The lowest BCUT2D eigenvalue weighted by Gasteiger charge is -2.08. The zero-order valence-electron chi connectivity index (χ0n) is 9.64. The number of carboxylic acids is 1. The summed E-state index contributed by atoms with van der Waals surface area (Å²) in [6.07, 6.45) is 1.27. The first-order valence-electron chi connectivity index (χ1n) is 5.33. The summed E-state index contributed by atoms with van der Waals surface area (Å²) in [7, 11) is 0. The molecule has 98 valence electrons. The van der Waals surface area contributed by atoms with Crippen molar-refractivity contribution in [3.63, 3.8) is 0 Å². The van der Waals surface area contributed by atoms with Crippen molar-refractivity contribution in [1.29, 1.82) is 0 Å². The third kappa shape index (κ3) is 3.00. The van der Waals surface area contributed by atoms with E-state index in [0.717, 1.165) is 0 Å². The van der Waals surface area contributed by atoms with Gasteiger partial charge in [-0.3, -0.25) is 0 Å². The van der Waals surface area contributed by atoms with Gasteiger partial charge in [-0.05, 0) is 12.1 Å². The molecular formula is C13H9ClFNO3. The maximum absolute atomic E-state index is 13.4. The molecule has 0 unspecified atom stereocenters. The highest BCUT2D eigenvalue weighted by atomic mass is 35.5. The molecule has 0 fully saturated rings. The average molecular weight is 282 g/mol. The fraction of sp³-hybridized carbons (Fsp3) is 0.0769. The molecule has 1 aromatic carbocycles. The standard InChI is InChI=1S/C13H9ClFNO3/c14-11-9(13(17)18)5-6-16-12(11)19-7-8-3-1-2-4-10(8)15/h1-6H,7H2,(H,17,18). The first-order valence-corrected chi connectivity index (χ1v) is 5.71. The lowest BCUT2D eigenvalue weighted by molar-refractivity contribution is 0.0696. The number of hydrogen-bond acceptors (Lipinski definition) is 3. The van der Waals surface area contributed by atoms with E-state index in [1.165, 1.54) is 18.3 Å². The number of hydrogen-bond donors (Lipinski definition) is 1. The van der Waals surface area contributed by atoms with Gasteiger partial charge < -0.3 is 9.84 Å². The van der Waals surface area contributed by atoms with Gasteiger partial charge in [0, 0.05) is 11.8 Å². The molecular weight excluding hydrogens is 273 g/mol. The highest BCUT2D eigenvalue weighted by Crippen LogP contribution is 2.26. The first-order chi connectivity index (χ1) is 9.09. The Labute approximate surface area is 113 Å². The molecule has 0 saturated carbocycles. The normalized spacial score (nSPS) is 10.2. The summed E-state index contributed by atoms with van der Waals surface area (Å²) in [6, 6.07) is 7.37. The van der Waals surface area contributed by atoms with Crippen molar-refractivity contribution in [2.45, 2.75) is 6.61 Å². The van der Waals surface area contributed by atoms with Crippen LogP contribution in [0.3, 0.4) is 0 Å². The first kappa shape index (κ1) is 13.3. The van der Waals surface area contributed by atoms with E-state index in [1.54, 1.807) is 18.2 Å². The van der Waals surface area contributed by atoms with Crippen LogP contribution >= 0.6 is 11.6 Å². The minimum absolute atomic E-state index is 0.0372. The van der Waals surface area contributed by atoms with E-state index in [0.29, 0.717) is 5.56 Å². The van der Waals surface area contributed by atoms with E-state index in [4.69, 9.17) is 21.4 Å². The second kappa shape index (κ2) is 5.67. The SMILES string of the molecule is O=C(O)c1ccnc(OCc2ccccc2F)c1Cl. The second-order valence-corrected chi connectivity index (χ2v) is 4.04. The van der Waals surface area contributed by atoms with Gasteiger partial charge in [0.15, 0.2) is 0 Å². The quantitative estimate of drug-likeness (QED) is 0.935. The van der Waals surface area contributed by atoms with Crippen LogP contribution in [0.15, 0.2) is 36.5 Å². The van der Waals surface area contributed by atoms with Crippen molar-refractivity contribution in [2.75, 3.05) is 0 Å². The predicted molar refractivity (Wildman–Crippen MR) is 66.9 cm³/mol. The summed E-state index contributed by atoms with van der Waals surface area (Å²) >= 11 is 5.85. The highest BCUT2D eigenvalue weighted by molar-refractivity contribution is 6.34. The molecule has 6 heteroatoms. The van der Waals surface area contributed by atoms with Crippen LogP contribution in [0.2, 0.25) is 5.02 Å². The third-order valence-corrected chi connectivity index (χ3v) is 2.78. The van der Waals surface area contributed by atoms with E-state index in [9.17, 15) is 9.18 Å². The Bertz CT molecular complexity index is 619. The summed E-state index contributed by atoms with van der Waals surface area (Å²) < 4.78 is 18.6. The molecule has 0 amide bonds. The zero-order chi connectivity index (χ0) is 13.8. The topological polar surface area (TPSA) is 59.4 Å². The Kier molecular flexibility index (Phi) is 3.97. The number of rotatable bonds is 4. The number of benzene rings is 1. The minimum Gasteiger partial charge on any atom is -0.478 e. The maximum atomic E-state index is 13.4. The summed E-state index contributed by atoms with van der Waals surface area (Å²) in [5.41, 5.74) is 0.223. The largest absolute Gasteiger partial charge is 0.478 e. The Morgan fingerprint density at radius 3 is 2.79 bits per heavy atom. The van der Waals surface area contributed by atoms with Crippen LogP contribution in [0.25, 0.3) is 0 Å². The van der Waals surface area contributed by atoms with Gasteiger partial charge in [0.2, 0.25) is 5.88 Å². The van der Waals surface area contributed by atoms with Gasteiger partial charge in [0.1, 0.15) is 17.4 Å². The number of pyridine rings is 1. The number of aromatic nitrogens is 1. The fourth-order valence-electron chi connectivity index (χ4n) is 1.45. The van der Waals surface area contributed by atoms with Crippen LogP contribution in [0.1, 0.15) is 15.9 Å². The Balaban J connectivity index is 2.19. The van der Waals surface area contributed by atoms with E-state index in [1.807, 2.05) is 0 Å². The molecule has 1 N–H and O–H groups in total. The third-order valence-electron chi connectivity index (χ3n) is 2.41. The van der Waals surface area contributed by atoms with Crippen molar-refractivity contribution in [3.05, 3.63) is 58.5 Å². The molecule has 0 aliphatic rings. The second-order valence-electron chi connectivity index (χ2n) is 3.66. The smallest absolute Gasteiger partial charge is 0.337 e. The van der Waals surface area contributed by atoms with Gasteiger partial charge in [-0.2, -0.15) is 0 Å². The summed E-state index contributed by atoms with van der Waals surface area (Å²) in [6.45, 7) is -0.0809. The molecule has 0 aliphatic carbocycles. The van der Waals surface area contributed by atoms with Crippen LogP contribution in [-0.2, 0) is 6.61 Å². The molecule has 4 nitrogen and oxygen atoms in total. The van der Waals surface area contributed by atoms with Crippen LogP contribution in [-0.4, -0.2) is 16.1 Å². The molecule has 1 heterocycles. The number of aromatic carboxylic acids is 1. The van der Waals surface area contributed by atoms with E-state index >= 15 is 0 Å². The Morgan fingerprint density at radius 2 is 2.11 bits per heavy atom. The molecule has 2 aromatic rings. The van der Waals surface area contributed by atoms with Crippen molar-refractivity contribution in [3.8, 4) is 5.88 Å². The van der Waals surface area contributed by atoms with Gasteiger partial charge >= 0.3 is 5.97 Å². The molecule has 0 bridgehead atoms. The lowest BCUT2D eigenvalue weighted by Crippen LogP contribution is -2.04. The minimum atomic E-state index is -1.18. The van der Waals surface area contributed by atoms with Gasteiger partial charge in [0.25, 0.3) is 0 Å². The summed E-state index contributed by atoms with van der Waals surface area (Å²) in [5.74, 6) is -1.62. The summed E-state index contributed by atoms with van der Waals surface area (Å²) in [5, 5.41) is 8.79. The average Bonchev–Trinajstić information content (AvgIpc) is 2.39. The molecule has 1 aromatic heterocycles. The lowest BCUT2D eigenvalue weighted by atomic mass is 10.2. The van der Waals surface area contributed by atoms with Crippen LogP contribution < -0.4 is 4.74 Å². The number of ether oxygens (including phenoxy) is 1. The fourth-order valence-corrected chi connectivity index (χ4v) is 1.70. The molecule has 2 rings (SSSR count). The van der Waals surface area contributed by atoms with Crippen molar-refractivity contribution < 1.29 is 19.0 Å². The molecule has 0 radical (unpaired) electrons. The highest BCUT2D eigenvalue weighted by Gasteiger charge is 2.14. The molecule has 19 heavy (non-hydrogen) atoms. The van der Waals surface area contributed by atoms with Gasteiger partial charge in [-0.1, -0.05) is 29.8 Å². The maximum Gasteiger partial charge on any atom is 0.337 e. The van der Waals surface area contributed by atoms with Gasteiger partial charge in [-0.25, -0.2) is 14.2 Å². The predicted octanol–water partition coefficient (Wildman–Crippen LogP) is 3.15. The number of carbonyl (C=O) groups is 1. The zero-order valence-corrected chi connectivity index (χ0v) is 10.4. The van der Waals surface area contributed by atoms with E-state index < -0.39 is 11.8 Å². The van der Waals surface area contributed by atoms with Gasteiger partial charge in [-0.15, -0.1) is 0 Å². The van der Waals surface area contributed by atoms with Crippen LogP contribution in [0, 0.1) is 5.82 Å². The van der Waals surface area contributed by atoms with Crippen molar-refractivity contribution in [2.24, 2.45) is 0 Å². The Hall–Kier alpha value is -2.14. The molecule has 0 saturated heterocycles. The number of halogens is 2. The monoisotopic (exact) mass is 281 g/mol. The number of carboxylic acid groups (broad SMARTS) is 1.